The molecule has 31 heavy (non-hydrogen) atoms. The van der Waals surface area contributed by atoms with Gasteiger partial charge in [0.1, 0.15) is 18.3 Å². The molecule has 0 aromatic carbocycles. The zero-order chi connectivity index (χ0) is 23.2. The van der Waals surface area contributed by atoms with Crippen LogP contribution in [-0.4, -0.2) is 54.2 Å². The van der Waals surface area contributed by atoms with Gasteiger partial charge in [-0.25, -0.2) is 0 Å². The monoisotopic (exact) mass is 434 g/mol. The zero-order valence-electron chi connectivity index (χ0n) is 18.7. The highest BCUT2D eigenvalue weighted by Crippen LogP contribution is 2.65. The second kappa shape index (κ2) is 7.89. The van der Waals surface area contributed by atoms with Crippen LogP contribution in [0, 0.1) is 10.8 Å². The first-order chi connectivity index (χ1) is 14.4. The van der Waals surface area contributed by atoms with Crippen LogP contribution in [0.2, 0.25) is 0 Å². The van der Waals surface area contributed by atoms with Crippen molar-refractivity contribution in [3.05, 3.63) is 22.8 Å². The molecule has 170 valence electrons. The molecule has 1 N–H and O–H groups in total. The average Bonchev–Trinajstić information content (AvgIpc) is 3.46. The SMILES string of the molecule is COC(=O)CCCC(=O)OC1C2=C(C)C3(CC3)[C@@](C)(O)C(=O)C2=CC1(C)COC(C)=O. The lowest BCUT2D eigenvalue weighted by Gasteiger charge is -2.40. The van der Waals surface area contributed by atoms with Gasteiger partial charge < -0.3 is 19.3 Å². The van der Waals surface area contributed by atoms with Gasteiger partial charge in [-0.3, -0.25) is 19.2 Å². The van der Waals surface area contributed by atoms with E-state index < -0.39 is 46.2 Å². The molecule has 0 aromatic heterocycles. The lowest BCUT2D eigenvalue weighted by Crippen LogP contribution is -2.50. The molecule has 8 heteroatoms. The van der Waals surface area contributed by atoms with E-state index in [9.17, 15) is 24.3 Å². The van der Waals surface area contributed by atoms with Crippen molar-refractivity contribution in [2.75, 3.05) is 13.7 Å². The summed E-state index contributed by atoms with van der Waals surface area (Å²) in [4.78, 5) is 48.6. The van der Waals surface area contributed by atoms with Crippen molar-refractivity contribution in [3.63, 3.8) is 0 Å². The number of esters is 3. The van der Waals surface area contributed by atoms with E-state index in [2.05, 4.69) is 4.74 Å². The van der Waals surface area contributed by atoms with Crippen molar-refractivity contribution in [2.24, 2.45) is 10.8 Å². The van der Waals surface area contributed by atoms with Crippen molar-refractivity contribution in [2.45, 2.75) is 71.5 Å². The quantitative estimate of drug-likeness (QED) is 0.479. The molecule has 0 bridgehead atoms. The molecule has 2 unspecified atom stereocenters. The topological polar surface area (TPSA) is 116 Å². The second-order valence-electron chi connectivity index (χ2n) is 9.17. The van der Waals surface area contributed by atoms with Gasteiger partial charge in [0.15, 0.2) is 5.78 Å². The fourth-order valence-corrected chi connectivity index (χ4v) is 4.87. The van der Waals surface area contributed by atoms with E-state index in [1.807, 2.05) is 6.92 Å². The molecular weight excluding hydrogens is 404 g/mol. The van der Waals surface area contributed by atoms with Crippen LogP contribution < -0.4 is 0 Å². The number of hydrogen-bond donors (Lipinski definition) is 1. The summed E-state index contributed by atoms with van der Waals surface area (Å²) < 4.78 is 15.6. The maximum atomic E-state index is 13.2. The molecular formula is C23H30O8. The van der Waals surface area contributed by atoms with Gasteiger partial charge in [-0.15, -0.1) is 0 Å². The number of aliphatic hydroxyl groups is 1. The van der Waals surface area contributed by atoms with Crippen LogP contribution in [0.15, 0.2) is 22.8 Å². The van der Waals surface area contributed by atoms with Crippen LogP contribution in [0.1, 0.15) is 59.8 Å². The number of rotatable bonds is 7. The number of hydrogen-bond acceptors (Lipinski definition) is 8. The number of ketones is 1. The van der Waals surface area contributed by atoms with Crippen molar-refractivity contribution < 1.29 is 38.5 Å². The first-order valence-electron chi connectivity index (χ1n) is 10.5. The molecule has 1 saturated carbocycles. The van der Waals surface area contributed by atoms with Gasteiger partial charge in [0.2, 0.25) is 0 Å². The third kappa shape index (κ3) is 3.82. The lowest BCUT2D eigenvalue weighted by atomic mass is 9.67. The average molecular weight is 434 g/mol. The third-order valence-corrected chi connectivity index (χ3v) is 6.94. The van der Waals surface area contributed by atoms with E-state index in [1.165, 1.54) is 14.0 Å². The highest BCUT2D eigenvalue weighted by molar-refractivity contribution is 6.09. The van der Waals surface area contributed by atoms with Crippen LogP contribution in [0.25, 0.3) is 0 Å². The van der Waals surface area contributed by atoms with Crippen molar-refractivity contribution in [1.82, 2.24) is 0 Å². The molecule has 3 aliphatic rings. The minimum Gasteiger partial charge on any atom is -0.469 e. The second-order valence-corrected chi connectivity index (χ2v) is 9.17. The van der Waals surface area contributed by atoms with E-state index in [1.54, 1.807) is 19.9 Å². The van der Waals surface area contributed by atoms with Gasteiger partial charge in [-0.05, 0) is 40.0 Å². The molecule has 3 aliphatic carbocycles. The summed E-state index contributed by atoms with van der Waals surface area (Å²) in [5, 5.41) is 11.0. The number of fused-ring (bicyclic) bond motifs is 1. The first kappa shape index (κ1) is 23.2. The smallest absolute Gasteiger partial charge is 0.306 e. The Morgan fingerprint density at radius 1 is 1.16 bits per heavy atom. The maximum absolute atomic E-state index is 13.2. The Hall–Kier alpha value is -2.48. The molecule has 3 rings (SSSR count). The molecule has 0 radical (unpaired) electrons. The van der Waals surface area contributed by atoms with Gasteiger partial charge in [0.25, 0.3) is 0 Å². The standard InChI is InChI=1S/C23H30O8/c1-13-18-15(19(27)22(4,28)23(13)9-10-23)11-21(3,12-30-14(2)24)20(18)31-17(26)8-6-7-16(25)29-5/h11,20,28H,6-10,12H2,1-5H3/t20?,21?,22-/m0/s1. The number of carbonyl (C=O) groups is 4. The molecule has 0 aliphatic heterocycles. The molecule has 3 atom stereocenters. The van der Waals surface area contributed by atoms with Gasteiger partial charge in [0.05, 0.1) is 12.5 Å². The summed E-state index contributed by atoms with van der Waals surface area (Å²) in [6, 6.07) is 0. The minimum atomic E-state index is -1.53. The molecule has 0 heterocycles. The Morgan fingerprint density at radius 3 is 2.32 bits per heavy atom. The molecule has 8 nitrogen and oxygen atoms in total. The molecule has 1 spiro atoms. The molecule has 0 saturated heterocycles. The number of methoxy groups -OCH3 is 1. The summed E-state index contributed by atoms with van der Waals surface area (Å²) in [6.07, 6.45) is 2.56. The highest BCUT2D eigenvalue weighted by Gasteiger charge is 2.67. The van der Waals surface area contributed by atoms with Crippen LogP contribution in [0.5, 0.6) is 0 Å². The van der Waals surface area contributed by atoms with Crippen LogP contribution in [-0.2, 0) is 33.4 Å². The largest absolute Gasteiger partial charge is 0.469 e. The summed E-state index contributed by atoms with van der Waals surface area (Å²) in [5.74, 6) is -1.82. The minimum absolute atomic E-state index is 0.00765. The van der Waals surface area contributed by atoms with Gasteiger partial charge in [-0.2, -0.15) is 0 Å². The number of Topliss-reactive ketones (excluding diaryl/α,β-unsaturated/α-hetero) is 1. The van der Waals surface area contributed by atoms with Crippen molar-refractivity contribution >= 4 is 23.7 Å². The van der Waals surface area contributed by atoms with E-state index in [0.717, 1.165) is 5.57 Å². The predicted octanol–water partition coefficient (Wildman–Crippen LogP) is 2.18. The number of carbonyl (C=O) groups excluding carboxylic acids is 4. The highest BCUT2D eigenvalue weighted by atomic mass is 16.6. The lowest BCUT2D eigenvalue weighted by molar-refractivity contribution is -0.155. The molecule has 0 amide bonds. The van der Waals surface area contributed by atoms with Crippen molar-refractivity contribution in [1.29, 1.82) is 0 Å². The Balaban J connectivity index is 1.93. The number of ether oxygens (including phenoxy) is 3. The third-order valence-electron chi connectivity index (χ3n) is 6.94. The van der Waals surface area contributed by atoms with Crippen LogP contribution in [0.4, 0.5) is 0 Å². The molecule has 0 aromatic rings. The Kier molecular flexibility index (Phi) is 5.90. The Morgan fingerprint density at radius 2 is 1.77 bits per heavy atom. The van der Waals surface area contributed by atoms with E-state index >= 15 is 0 Å². The summed E-state index contributed by atoms with van der Waals surface area (Å²) in [5.41, 5.74) is -1.39. The van der Waals surface area contributed by atoms with E-state index in [4.69, 9.17) is 9.47 Å². The van der Waals surface area contributed by atoms with Gasteiger partial charge >= 0.3 is 17.9 Å². The molecule has 1 fully saturated rings. The van der Waals surface area contributed by atoms with Crippen LogP contribution >= 0.6 is 0 Å². The zero-order valence-corrected chi connectivity index (χ0v) is 18.7. The van der Waals surface area contributed by atoms with Gasteiger partial charge in [-0.1, -0.05) is 11.6 Å². The van der Waals surface area contributed by atoms with Crippen molar-refractivity contribution in [3.8, 4) is 0 Å². The summed E-state index contributed by atoms with van der Waals surface area (Å²) in [6.45, 7) is 6.37. The summed E-state index contributed by atoms with van der Waals surface area (Å²) in [7, 11) is 1.28. The normalized spacial score (nSPS) is 30.6. The Labute approximate surface area is 181 Å². The predicted molar refractivity (Wildman–Crippen MR) is 109 cm³/mol. The fourth-order valence-electron chi connectivity index (χ4n) is 4.87. The van der Waals surface area contributed by atoms with E-state index in [-0.39, 0.29) is 25.9 Å². The van der Waals surface area contributed by atoms with E-state index in [0.29, 0.717) is 24.0 Å². The Bertz CT molecular complexity index is 889. The van der Waals surface area contributed by atoms with Crippen LogP contribution in [0.3, 0.4) is 0 Å². The van der Waals surface area contributed by atoms with Gasteiger partial charge in [0, 0.05) is 36.3 Å². The first-order valence-corrected chi connectivity index (χ1v) is 10.5. The summed E-state index contributed by atoms with van der Waals surface area (Å²) >= 11 is 0. The maximum Gasteiger partial charge on any atom is 0.306 e. The fraction of sp³-hybridized carbons (Fsp3) is 0.652.